The van der Waals surface area contributed by atoms with Crippen LogP contribution in [0.4, 0.5) is 4.39 Å². The van der Waals surface area contributed by atoms with E-state index in [0.29, 0.717) is 6.54 Å². The number of halogens is 2. The van der Waals surface area contributed by atoms with Crippen LogP contribution >= 0.6 is 11.6 Å². The lowest BCUT2D eigenvalue weighted by Gasteiger charge is -2.20. The van der Waals surface area contributed by atoms with Gasteiger partial charge in [-0.1, -0.05) is 11.6 Å². The zero-order valence-corrected chi connectivity index (χ0v) is 9.67. The zero-order chi connectivity index (χ0) is 12.1. The number of hydrogen-bond donors (Lipinski definition) is 1. The second kappa shape index (κ2) is 5.82. The van der Waals surface area contributed by atoms with Crippen molar-refractivity contribution in [2.45, 2.75) is 6.92 Å². The van der Waals surface area contributed by atoms with E-state index in [0.717, 1.165) is 6.07 Å². The molecule has 0 radical (unpaired) electrons. The second-order valence-electron chi connectivity index (χ2n) is 3.23. The van der Waals surface area contributed by atoms with Crippen molar-refractivity contribution >= 4 is 17.5 Å². The van der Waals surface area contributed by atoms with Gasteiger partial charge in [-0.2, -0.15) is 0 Å². The molecule has 0 aliphatic heterocycles. The summed E-state index contributed by atoms with van der Waals surface area (Å²) in [6, 6.07) is 3.63. The highest BCUT2D eigenvalue weighted by atomic mass is 35.5. The van der Waals surface area contributed by atoms with Crippen molar-refractivity contribution in [2.24, 2.45) is 0 Å². The summed E-state index contributed by atoms with van der Waals surface area (Å²) in [6.45, 7) is 2.39. The molecule has 0 aromatic heterocycles. The largest absolute Gasteiger partial charge is 0.395 e. The predicted molar refractivity (Wildman–Crippen MR) is 60.1 cm³/mol. The molecule has 1 N–H and O–H groups in total. The molecule has 0 fully saturated rings. The molecule has 0 aliphatic rings. The Morgan fingerprint density at radius 2 is 2.25 bits per heavy atom. The van der Waals surface area contributed by atoms with E-state index in [-0.39, 0.29) is 29.6 Å². The van der Waals surface area contributed by atoms with Gasteiger partial charge in [0.2, 0.25) is 0 Å². The first kappa shape index (κ1) is 12.9. The fourth-order valence-corrected chi connectivity index (χ4v) is 1.61. The van der Waals surface area contributed by atoms with Crippen LogP contribution in [0, 0.1) is 5.82 Å². The minimum atomic E-state index is -0.480. The average Bonchev–Trinajstić information content (AvgIpc) is 2.25. The summed E-state index contributed by atoms with van der Waals surface area (Å²) in [5.74, 6) is -0.784. The Kier molecular flexibility index (Phi) is 4.71. The average molecular weight is 246 g/mol. The summed E-state index contributed by atoms with van der Waals surface area (Å²) in [5, 5.41) is 8.87. The molecule has 16 heavy (non-hydrogen) atoms. The first-order valence-electron chi connectivity index (χ1n) is 4.95. The van der Waals surface area contributed by atoms with Gasteiger partial charge in [0.25, 0.3) is 5.91 Å². The minimum Gasteiger partial charge on any atom is -0.395 e. The van der Waals surface area contributed by atoms with Crippen LogP contribution in [-0.4, -0.2) is 35.6 Å². The maximum absolute atomic E-state index is 12.8. The van der Waals surface area contributed by atoms with E-state index in [4.69, 9.17) is 16.7 Å². The molecule has 0 spiro atoms. The highest BCUT2D eigenvalue weighted by molar-refractivity contribution is 6.33. The molecule has 0 atom stereocenters. The van der Waals surface area contributed by atoms with E-state index in [9.17, 15) is 9.18 Å². The lowest BCUT2D eigenvalue weighted by Crippen LogP contribution is -2.33. The first-order valence-corrected chi connectivity index (χ1v) is 5.33. The first-order chi connectivity index (χ1) is 7.60. The second-order valence-corrected chi connectivity index (χ2v) is 3.64. The van der Waals surface area contributed by atoms with Gasteiger partial charge in [0.05, 0.1) is 17.2 Å². The van der Waals surface area contributed by atoms with Gasteiger partial charge in [-0.25, -0.2) is 4.39 Å². The molecule has 0 saturated carbocycles. The van der Waals surface area contributed by atoms with Crippen LogP contribution < -0.4 is 0 Å². The summed E-state index contributed by atoms with van der Waals surface area (Å²) >= 11 is 5.78. The molecule has 1 amide bonds. The van der Waals surface area contributed by atoms with Crippen LogP contribution in [0.2, 0.25) is 5.02 Å². The van der Waals surface area contributed by atoms with Crippen LogP contribution in [0.1, 0.15) is 17.3 Å². The monoisotopic (exact) mass is 245 g/mol. The highest BCUT2D eigenvalue weighted by Crippen LogP contribution is 2.18. The van der Waals surface area contributed by atoms with E-state index in [1.54, 1.807) is 6.92 Å². The maximum atomic E-state index is 12.8. The molecule has 3 nitrogen and oxygen atoms in total. The van der Waals surface area contributed by atoms with Gasteiger partial charge in [0.15, 0.2) is 0 Å². The lowest BCUT2D eigenvalue weighted by molar-refractivity contribution is 0.0732. The molecule has 0 heterocycles. The number of aliphatic hydroxyl groups is 1. The van der Waals surface area contributed by atoms with Gasteiger partial charge in [-0.3, -0.25) is 4.79 Å². The standard InChI is InChI=1S/C11H13ClFNO2/c1-2-14(5-6-15)11(16)9-4-3-8(13)7-10(9)12/h3-4,7,15H,2,5-6H2,1H3. The molecule has 0 unspecified atom stereocenters. The molecular weight excluding hydrogens is 233 g/mol. The molecule has 1 aromatic rings. The third kappa shape index (κ3) is 2.93. The van der Waals surface area contributed by atoms with E-state index < -0.39 is 5.82 Å². The number of aliphatic hydroxyl groups excluding tert-OH is 1. The quantitative estimate of drug-likeness (QED) is 0.881. The fourth-order valence-electron chi connectivity index (χ4n) is 1.36. The molecule has 5 heteroatoms. The molecule has 0 bridgehead atoms. The zero-order valence-electron chi connectivity index (χ0n) is 8.91. The van der Waals surface area contributed by atoms with Crippen molar-refractivity contribution in [3.63, 3.8) is 0 Å². The van der Waals surface area contributed by atoms with Crippen LogP contribution in [-0.2, 0) is 0 Å². The van der Waals surface area contributed by atoms with Crippen LogP contribution in [0.25, 0.3) is 0 Å². The predicted octanol–water partition coefficient (Wildman–Crippen LogP) is 1.93. The van der Waals surface area contributed by atoms with Gasteiger partial charge >= 0.3 is 0 Å². The van der Waals surface area contributed by atoms with Crippen molar-refractivity contribution in [1.82, 2.24) is 4.90 Å². The van der Waals surface area contributed by atoms with Crippen molar-refractivity contribution in [3.05, 3.63) is 34.6 Å². The van der Waals surface area contributed by atoms with Crippen molar-refractivity contribution in [2.75, 3.05) is 19.7 Å². The molecule has 88 valence electrons. The Labute approximate surface area is 98.4 Å². The highest BCUT2D eigenvalue weighted by Gasteiger charge is 2.16. The number of amides is 1. The van der Waals surface area contributed by atoms with Gasteiger partial charge < -0.3 is 10.0 Å². The fraction of sp³-hybridized carbons (Fsp3) is 0.364. The third-order valence-corrected chi connectivity index (χ3v) is 2.51. The minimum absolute atomic E-state index is 0.0846. The van der Waals surface area contributed by atoms with Gasteiger partial charge in [0.1, 0.15) is 5.82 Å². The number of carbonyl (C=O) groups excluding carboxylic acids is 1. The Hall–Kier alpha value is -1.13. The van der Waals surface area contributed by atoms with Crippen molar-refractivity contribution in [1.29, 1.82) is 0 Å². The smallest absolute Gasteiger partial charge is 0.255 e. The molecule has 1 aromatic carbocycles. The molecule has 0 saturated heterocycles. The molecule has 0 aliphatic carbocycles. The Balaban J connectivity index is 2.94. The van der Waals surface area contributed by atoms with Crippen LogP contribution in [0.3, 0.4) is 0 Å². The van der Waals surface area contributed by atoms with Gasteiger partial charge in [0, 0.05) is 13.1 Å². The van der Waals surface area contributed by atoms with Gasteiger partial charge in [-0.15, -0.1) is 0 Å². The Morgan fingerprint density at radius 1 is 1.56 bits per heavy atom. The van der Waals surface area contributed by atoms with E-state index in [1.165, 1.54) is 17.0 Å². The summed E-state index contributed by atoms with van der Waals surface area (Å²) in [7, 11) is 0. The number of benzene rings is 1. The summed E-state index contributed by atoms with van der Waals surface area (Å²) in [4.78, 5) is 13.3. The topological polar surface area (TPSA) is 40.5 Å². The van der Waals surface area contributed by atoms with Crippen LogP contribution in [0.15, 0.2) is 18.2 Å². The van der Waals surface area contributed by atoms with E-state index in [1.807, 2.05) is 0 Å². The third-order valence-electron chi connectivity index (χ3n) is 2.20. The van der Waals surface area contributed by atoms with E-state index in [2.05, 4.69) is 0 Å². The normalized spacial score (nSPS) is 10.2. The number of nitrogens with zero attached hydrogens (tertiary/aromatic N) is 1. The van der Waals surface area contributed by atoms with Gasteiger partial charge in [-0.05, 0) is 25.1 Å². The summed E-state index contributed by atoms with van der Waals surface area (Å²) in [5.41, 5.74) is 0.248. The lowest BCUT2D eigenvalue weighted by atomic mass is 10.2. The number of rotatable bonds is 4. The molecular formula is C11H13ClFNO2. The molecule has 1 rings (SSSR count). The Morgan fingerprint density at radius 3 is 2.75 bits per heavy atom. The number of likely N-dealkylation sites (N-methyl/N-ethyl adjacent to an activating group) is 1. The van der Waals surface area contributed by atoms with Crippen LogP contribution in [0.5, 0.6) is 0 Å². The van der Waals surface area contributed by atoms with E-state index >= 15 is 0 Å². The maximum Gasteiger partial charge on any atom is 0.255 e. The Bertz CT molecular complexity index is 384. The number of hydrogen-bond acceptors (Lipinski definition) is 2. The summed E-state index contributed by atoms with van der Waals surface area (Å²) in [6.07, 6.45) is 0. The van der Waals surface area contributed by atoms with Crippen molar-refractivity contribution in [3.8, 4) is 0 Å². The SMILES string of the molecule is CCN(CCO)C(=O)c1ccc(F)cc1Cl. The van der Waals surface area contributed by atoms with Crippen molar-refractivity contribution < 1.29 is 14.3 Å². The summed E-state index contributed by atoms with van der Waals surface area (Å²) < 4.78 is 12.8. The number of carbonyl (C=O) groups is 1.